The highest BCUT2D eigenvalue weighted by molar-refractivity contribution is 5.69. The molecular weight excluding hydrogens is 304 g/mol. The van der Waals surface area contributed by atoms with Gasteiger partial charge in [-0.25, -0.2) is 0 Å². The number of likely N-dealkylation sites (tertiary alicyclic amines) is 1. The van der Waals surface area contributed by atoms with Crippen molar-refractivity contribution < 1.29 is 14.3 Å². The Morgan fingerprint density at radius 2 is 1.88 bits per heavy atom. The summed E-state index contributed by atoms with van der Waals surface area (Å²) in [7, 11) is 1.81. The summed E-state index contributed by atoms with van der Waals surface area (Å²) in [6.07, 6.45) is 9.25. The average Bonchev–Trinajstić information content (AvgIpc) is 2.62. The van der Waals surface area contributed by atoms with Crippen LogP contribution in [0.1, 0.15) is 51.4 Å². The van der Waals surface area contributed by atoms with Crippen molar-refractivity contribution in [3.05, 3.63) is 0 Å². The van der Waals surface area contributed by atoms with Crippen molar-refractivity contribution in [1.29, 1.82) is 0 Å². The average molecular weight is 338 g/mol. The first-order valence-electron chi connectivity index (χ1n) is 9.91. The van der Waals surface area contributed by atoms with Crippen LogP contribution in [0.25, 0.3) is 0 Å². The van der Waals surface area contributed by atoms with Gasteiger partial charge in [0.05, 0.1) is 6.10 Å². The Bertz CT molecular complexity index is 396. The molecule has 4 aliphatic heterocycles. The van der Waals surface area contributed by atoms with E-state index in [1.54, 1.807) is 0 Å². The van der Waals surface area contributed by atoms with E-state index in [1.807, 2.05) is 7.11 Å². The van der Waals surface area contributed by atoms with Gasteiger partial charge in [-0.05, 0) is 70.6 Å². The number of hydrogen-bond donors (Lipinski definition) is 0. The van der Waals surface area contributed by atoms with Crippen LogP contribution in [0.2, 0.25) is 0 Å². The van der Waals surface area contributed by atoms with Gasteiger partial charge in [-0.1, -0.05) is 6.42 Å². The molecule has 0 radical (unpaired) electrons. The van der Waals surface area contributed by atoms with Crippen molar-refractivity contribution in [2.45, 2.75) is 63.6 Å². The Labute approximate surface area is 146 Å². The molecule has 0 aromatic carbocycles. The topological polar surface area (TPSA) is 42.0 Å². The zero-order valence-corrected chi connectivity index (χ0v) is 15.3. The molecular formula is C19H34N2O3. The molecule has 24 heavy (non-hydrogen) atoms. The summed E-state index contributed by atoms with van der Waals surface area (Å²) in [5, 5.41) is 0. The zero-order valence-electron chi connectivity index (χ0n) is 15.3. The molecule has 0 aromatic heterocycles. The molecule has 4 aliphatic rings. The predicted molar refractivity (Wildman–Crippen MR) is 94.0 cm³/mol. The number of nitrogens with zero attached hydrogens (tertiary/aromatic N) is 2. The van der Waals surface area contributed by atoms with Crippen molar-refractivity contribution in [2.24, 2.45) is 5.92 Å². The Kier molecular flexibility index (Phi) is 6.93. The van der Waals surface area contributed by atoms with Gasteiger partial charge in [0.25, 0.3) is 0 Å². The quantitative estimate of drug-likeness (QED) is 0.502. The second-order valence-corrected chi connectivity index (χ2v) is 7.78. The van der Waals surface area contributed by atoms with Gasteiger partial charge in [0.15, 0.2) is 0 Å². The molecule has 0 aromatic rings. The fraction of sp³-hybridized carbons (Fsp3) is 0.947. The molecule has 4 heterocycles. The van der Waals surface area contributed by atoms with Crippen LogP contribution in [0.15, 0.2) is 0 Å². The fourth-order valence-corrected chi connectivity index (χ4v) is 4.46. The van der Waals surface area contributed by atoms with Crippen molar-refractivity contribution in [3.8, 4) is 0 Å². The summed E-state index contributed by atoms with van der Waals surface area (Å²) in [5.41, 5.74) is 0. The molecule has 0 aliphatic carbocycles. The lowest BCUT2D eigenvalue weighted by Gasteiger charge is -2.43. The normalized spacial score (nSPS) is 33.5. The SMILES string of the molecule is CO[C@@H]1CCCN(CCCCCC(=O)O[C@H]2CN3CCC2CC3)C1. The number of carbonyl (C=O) groups excluding carboxylic acids is 1. The molecule has 2 atom stereocenters. The highest BCUT2D eigenvalue weighted by Crippen LogP contribution is 2.29. The van der Waals surface area contributed by atoms with E-state index in [2.05, 4.69) is 9.80 Å². The zero-order chi connectivity index (χ0) is 16.8. The van der Waals surface area contributed by atoms with E-state index in [0.717, 1.165) is 32.5 Å². The molecule has 5 heteroatoms. The number of fused-ring (bicyclic) bond motifs is 3. The molecule has 138 valence electrons. The highest BCUT2D eigenvalue weighted by atomic mass is 16.5. The number of hydrogen-bond acceptors (Lipinski definition) is 5. The molecule has 0 saturated carbocycles. The van der Waals surface area contributed by atoms with Gasteiger partial charge in [0.1, 0.15) is 6.10 Å². The molecule has 4 rings (SSSR count). The van der Waals surface area contributed by atoms with Gasteiger partial charge in [-0.15, -0.1) is 0 Å². The first kappa shape index (κ1) is 18.2. The van der Waals surface area contributed by atoms with Crippen molar-refractivity contribution in [3.63, 3.8) is 0 Å². The second-order valence-electron chi connectivity index (χ2n) is 7.78. The summed E-state index contributed by atoms with van der Waals surface area (Å²) in [6, 6.07) is 0. The Morgan fingerprint density at radius 3 is 2.58 bits per heavy atom. The number of rotatable bonds is 8. The second kappa shape index (κ2) is 9.16. The minimum Gasteiger partial charge on any atom is -0.461 e. The molecule has 4 saturated heterocycles. The van der Waals surface area contributed by atoms with Crippen LogP contribution in [-0.4, -0.2) is 74.4 Å². The van der Waals surface area contributed by atoms with Gasteiger partial charge in [0, 0.05) is 26.6 Å². The number of ether oxygens (including phenoxy) is 2. The third kappa shape index (κ3) is 5.17. The van der Waals surface area contributed by atoms with Gasteiger partial charge >= 0.3 is 5.97 Å². The van der Waals surface area contributed by atoms with Gasteiger partial charge in [-0.3, -0.25) is 9.69 Å². The highest BCUT2D eigenvalue weighted by Gasteiger charge is 2.36. The molecule has 0 spiro atoms. The summed E-state index contributed by atoms with van der Waals surface area (Å²) in [6.45, 7) is 6.75. The molecule has 0 unspecified atom stereocenters. The van der Waals surface area contributed by atoms with Gasteiger partial charge in [-0.2, -0.15) is 0 Å². The molecule has 0 N–H and O–H groups in total. The van der Waals surface area contributed by atoms with E-state index in [0.29, 0.717) is 18.4 Å². The number of esters is 1. The predicted octanol–water partition coefficient (Wildman–Crippen LogP) is 2.29. The molecule has 2 bridgehead atoms. The number of unbranched alkanes of at least 4 members (excludes halogenated alkanes) is 2. The van der Waals surface area contributed by atoms with E-state index in [9.17, 15) is 4.79 Å². The largest absolute Gasteiger partial charge is 0.461 e. The smallest absolute Gasteiger partial charge is 0.306 e. The minimum absolute atomic E-state index is 0.0196. The number of methoxy groups -OCH3 is 1. The van der Waals surface area contributed by atoms with Crippen LogP contribution in [0.4, 0.5) is 0 Å². The number of piperidine rings is 4. The first-order valence-corrected chi connectivity index (χ1v) is 9.91. The van der Waals surface area contributed by atoms with Crippen molar-refractivity contribution in [2.75, 3.05) is 46.4 Å². The standard InChI is InChI=1S/C19H34N2O3/c1-23-17-6-5-11-20(14-17)10-4-2-3-7-19(22)24-18-15-21-12-8-16(18)9-13-21/h16-18H,2-15H2,1H3/t17-,18+/m1/s1. The lowest BCUT2D eigenvalue weighted by Crippen LogP contribution is -2.51. The lowest BCUT2D eigenvalue weighted by molar-refractivity contribution is -0.158. The number of carbonyl (C=O) groups is 1. The van der Waals surface area contributed by atoms with E-state index >= 15 is 0 Å². The molecule has 4 fully saturated rings. The van der Waals surface area contributed by atoms with E-state index in [4.69, 9.17) is 9.47 Å². The van der Waals surface area contributed by atoms with Gasteiger partial charge in [0.2, 0.25) is 0 Å². The van der Waals surface area contributed by atoms with Crippen molar-refractivity contribution >= 4 is 5.97 Å². The first-order chi connectivity index (χ1) is 11.7. The Balaban J connectivity index is 1.23. The van der Waals surface area contributed by atoms with E-state index in [-0.39, 0.29) is 12.1 Å². The van der Waals surface area contributed by atoms with E-state index < -0.39 is 0 Å². The van der Waals surface area contributed by atoms with Crippen LogP contribution >= 0.6 is 0 Å². The van der Waals surface area contributed by atoms with Gasteiger partial charge < -0.3 is 14.4 Å². The maximum Gasteiger partial charge on any atom is 0.306 e. The van der Waals surface area contributed by atoms with Crippen LogP contribution < -0.4 is 0 Å². The fourth-order valence-electron chi connectivity index (χ4n) is 4.46. The molecule has 5 nitrogen and oxygen atoms in total. The van der Waals surface area contributed by atoms with Crippen LogP contribution in [0.3, 0.4) is 0 Å². The summed E-state index contributed by atoms with van der Waals surface area (Å²) < 4.78 is 11.2. The Hall–Kier alpha value is -0.650. The summed E-state index contributed by atoms with van der Waals surface area (Å²) >= 11 is 0. The maximum absolute atomic E-state index is 12.1. The van der Waals surface area contributed by atoms with Crippen LogP contribution in [-0.2, 0) is 14.3 Å². The third-order valence-electron chi connectivity index (χ3n) is 6.03. The minimum atomic E-state index is 0.0196. The van der Waals surface area contributed by atoms with Crippen molar-refractivity contribution in [1.82, 2.24) is 9.80 Å². The van der Waals surface area contributed by atoms with Crippen LogP contribution in [0, 0.1) is 5.92 Å². The molecule has 0 amide bonds. The van der Waals surface area contributed by atoms with E-state index in [1.165, 1.54) is 51.7 Å². The summed E-state index contributed by atoms with van der Waals surface area (Å²) in [4.78, 5) is 17.0. The lowest BCUT2D eigenvalue weighted by atomic mass is 9.86. The van der Waals surface area contributed by atoms with Crippen LogP contribution in [0.5, 0.6) is 0 Å². The Morgan fingerprint density at radius 1 is 1.04 bits per heavy atom. The maximum atomic E-state index is 12.1. The third-order valence-corrected chi connectivity index (χ3v) is 6.03. The monoisotopic (exact) mass is 338 g/mol. The summed E-state index contributed by atoms with van der Waals surface area (Å²) in [5.74, 6) is 0.637.